The third-order valence-corrected chi connectivity index (χ3v) is 7.74. The molecule has 1 aromatic heterocycles. The van der Waals surface area contributed by atoms with Crippen molar-refractivity contribution in [3.8, 4) is 16.9 Å². The van der Waals surface area contributed by atoms with Crippen molar-refractivity contribution >= 4 is 16.9 Å². The van der Waals surface area contributed by atoms with Gasteiger partial charge < -0.3 is 14.6 Å². The van der Waals surface area contributed by atoms with Gasteiger partial charge in [-0.1, -0.05) is 91.3 Å². The fourth-order valence-corrected chi connectivity index (χ4v) is 5.50. The van der Waals surface area contributed by atoms with Gasteiger partial charge in [-0.25, -0.2) is 4.98 Å². The van der Waals surface area contributed by atoms with Crippen molar-refractivity contribution in [1.82, 2.24) is 14.9 Å². The molecule has 42 heavy (non-hydrogen) atoms. The molecule has 1 amide bonds. The van der Waals surface area contributed by atoms with Gasteiger partial charge in [0, 0.05) is 19.5 Å². The first-order chi connectivity index (χ1) is 20.6. The van der Waals surface area contributed by atoms with E-state index in [4.69, 9.17) is 9.72 Å². The van der Waals surface area contributed by atoms with E-state index in [1.165, 1.54) is 27.8 Å². The van der Waals surface area contributed by atoms with E-state index < -0.39 is 0 Å². The molecule has 1 N–H and O–H groups in total. The molecule has 0 fully saturated rings. The molecule has 0 unspecified atom stereocenters. The van der Waals surface area contributed by atoms with E-state index in [1.807, 2.05) is 36.4 Å². The fourth-order valence-electron chi connectivity index (χ4n) is 5.50. The summed E-state index contributed by atoms with van der Waals surface area (Å²) in [6.45, 7) is 6.45. The highest BCUT2D eigenvalue weighted by atomic mass is 16.5. The Bertz CT molecular complexity index is 1570. The molecule has 0 radical (unpaired) electrons. The molecule has 0 aliphatic rings. The van der Waals surface area contributed by atoms with Gasteiger partial charge in [-0.15, -0.1) is 0 Å². The first-order valence-corrected chi connectivity index (χ1v) is 15.1. The number of fused-ring (bicyclic) bond motifs is 1. The van der Waals surface area contributed by atoms with Crippen molar-refractivity contribution in [1.29, 1.82) is 0 Å². The third-order valence-electron chi connectivity index (χ3n) is 7.74. The maximum absolute atomic E-state index is 12.5. The minimum Gasteiger partial charge on any atom is -0.493 e. The number of aromatic nitrogens is 2. The number of hydrogen-bond donors (Lipinski definition) is 1. The molecule has 5 rings (SSSR count). The standard InChI is InChI=1S/C37H41N3O2/c1-28-13-11-14-29(2)37(28)42-26-12-25-40-34-18-9-8-17-33(34)39-35(40)19-7-4-10-24-38-36(41)27-30-20-22-32(23-21-30)31-15-5-3-6-16-31/h3,5-6,8-9,11,13-18,20-23H,4,7,10,12,19,24-27H2,1-2H3,(H,38,41). The number of rotatable bonds is 14. The summed E-state index contributed by atoms with van der Waals surface area (Å²) in [4.78, 5) is 17.4. The van der Waals surface area contributed by atoms with Gasteiger partial charge in [0.2, 0.25) is 5.91 Å². The van der Waals surface area contributed by atoms with Crippen molar-refractivity contribution in [3.63, 3.8) is 0 Å². The molecular weight excluding hydrogens is 518 g/mol. The summed E-state index contributed by atoms with van der Waals surface area (Å²) in [7, 11) is 0. The molecule has 0 aliphatic carbocycles. The SMILES string of the molecule is Cc1cccc(C)c1OCCCn1c(CCCCCNC(=O)Cc2ccc(-c3ccccc3)cc2)nc2ccccc21. The Morgan fingerprint density at radius 3 is 2.26 bits per heavy atom. The van der Waals surface area contributed by atoms with Gasteiger partial charge in [0.05, 0.1) is 24.1 Å². The number of nitrogens with one attached hydrogen (secondary N) is 1. The molecule has 5 aromatic rings. The number of ether oxygens (including phenoxy) is 1. The average Bonchev–Trinajstić information content (AvgIpc) is 3.36. The normalized spacial score (nSPS) is 11.1. The summed E-state index contributed by atoms with van der Waals surface area (Å²) in [6.07, 6.45) is 5.30. The van der Waals surface area contributed by atoms with E-state index in [0.717, 1.165) is 61.3 Å². The zero-order chi connectivity index (χ0) is 29.1. The van der Waals surface area contributed by atoms with Gasteiger partial charge >= 0.3 is 0 Å². The maximum Gasteiger partial charge on any atom is 0.224 e. The molecule has 1 heterocycles. The topological polar surface area (TPSA) is 56.1 Å². The van der Waals surface area contributed by atoms with Crippen LogP contribution in [-0.4, -0.2) is 28.6 Å². The Morgan fingerprint density at radius 1 is 0.762 bits per heavy atom. The van der Waals surface area contributed by atoms with Gasteiger partial charge in [0.15, 0.2) is 0 Å². The first-order valence-electron chi connectivity index (χ1n) is 15.1. The van der Waals surface area contributed by atoms with Crippen LogP contribution in [0.3, 0.4) is 0 Å². The monoisotopic (exact) mass is 559 g/mol. The fraction of sp³-hybridized carbons (Fsp3) is 0.297. The van der Waals surface area contributed by atoms with Crippen LogP contribution in [0.25, 0.3) is 22.2 Å². The Morgan fingerprint density at radius 2 is 1.48 bits per heavy atom. The molecule has 4 aromatic carbocycles. The number of carbonyl (C=O) groups excluding carboxylic acids is 1. The Kier molecular flexibility index (Phi) is 10.1. The predicted molar refractivity (Wildman–Crippen MR) is 172 cm³/mol. The lowest BCUT2D eigenvalue weighted by molar-refractivity contribution is -0.120. The summed E-state index contributed by atoms with van der Waals surface area (Å²) in [6, 6.07) is 33.2. The molecule has 0 atom stereocenters. The average molecular weight is 560 g/mol. The summed E-state index contributed by atoms with van der Waals surface area (Å²) in [5, 5.41) is 3.09. The number of para-hydroxylation sites is 3. The number of amides is 1. The lowest BCUT2D eigenvalue weighted by Gasteiger charge is -2.13. The Balaban J connectivity index is 1.04. The molecule has 0 saturated heterocycles. The Labute approximate surface area is 249 Å². The summed E-state index contributed by atoms with van der Waals surface area (Å²) < 4.78 is 8.51. The van der Waals surface area contributed by atoms with Crippen LogP contribution in [0.15, 0.2) is 97.1 Å². The van der Waals surface area contributed by atoms with Crippen LogP contribution in [0, 0.1) is 13.8 Å². The predicted octanol–water partition coefficient (Wildman–Crippen LogP) is 7.86. The van der Waals surface area contributed by atoms with Crippen LogP contribution >= 0.6 is 0 Å². The van der Waals surface area contributed by atoms with Crippen molar-refractivity contribution in [3.05, 3.63) is 120 Å². The highest BCUT2D eigenvalue weighted by molar-refractivity contribution is 5.79. The largest absolute Gasteiger partial charge is 0.493 e. The van der Waals surface area contributed by atoms with E-state index >= 15 is 0 Å². The lowest BCUT2D eigenvalue weighted by Crippen LogP contribution is -2.26. The highest BCUT2D eigenvalue weighted by Gasteiger charge is 2.11. The summed E-state index contributed by atoms with van der Waals surface area (Å²) in [5.41, 5.74) is 7.97. The van der Waals surface area contributed by atoms with Crippen LogP contribution < -0.4 is 10.1 Å². The van der Waals surface area contributed by atoms with Crippen molar-refractivity contribution in [2.45, 2.75) is 58.9 Å². The van der Waals surface area contributed by atoms with Crippen molar-refractivity contribution in [2.24, 2.45) is 0 Å². The molecule has 216 valence electrons. The highest BCUT2D eigenvalue weighted by Crippen LogP contribution is 2.23. The summed E-state index contributed by atoms with van der Waals surface area (Å²) >= 11 is 0. The molecular formula is C37H41N3O2. The van der Waals surface area contributed by atoms with Crippen LogP contribution in [0.4, 0.5) is 0 Å². The van der Waals surface area contributed by atoms with E-state index in [0.29, 0.717) is 19.6 Å². The third kappa shape index (κ3) is 7.67. The number of carbonyl (C=O) groups is 1. The van der Waals surface area contributed by atoms with Gasteiger partial charge in [-0.3, -0.25) is 4.79 Å². The molecule has 0 spiro atoms. The Hall–Kier alpha value is -4.38. The molecule has 0 bridgehead atoms. The molecule has 5 nitrogen and oxygen atoms in total. The minimum atomic E-state index is 0.0763. The number of imidazole rings is 1. The zero-order valence-corrected chi connectivity index (χ0v) is 24.8. The lowest BCUT2D eigenvalue weighted by atomic mass is 10.0. The van der Waals surface area contributed by atoms with Crippen LogP contribution in [0.1, 0.15) is 48.2 Å². The summed E-state index contributed by atoms with van der Waals surface area (Å²) in [5.74, 6) is 2.21. The number of benzene rings is 4. The van der Waals surface area contributed by atoms with Crippen molar-refractivity contribution < 1.29 is 9.53 Å². The zero-order valence-electron chi connectivity index (χ0n) is 24.8. The molecule has 5 heteroatoms. The smallest absolute Gasteiger partial charge is 0.224 e. The second kappa shape index (κ2) is 14.5. The first kappa shape index (κ1) is 29.1. The second-order valence-corrected chi connectivity index (χ2v) is 11.0. The second-order valence-electron chi connectivity index (χ2n) is 11.0. The maximum atomic E-state index is 12.5. The van der Waals surface area contributed by atoms with Crippen molar-refractivity contribution in [2.75, 3.05) is 13.2 Å². The van der Waals surface area contributed by atoms with Gasteiger partial charge in [0.1, 0.15) is 11.6 Å². The van der Waals surface area contributed by atoms with Crippen LogP contribution in [0.2, 0.25) is 0 Å². The quantitative estimate of drug-likeness (QED) is 0.141. The molecule has 0 saturated carbocycles. The van der Waals surface area contributed by atoms with E-state index in [1.54, 1.807) is 0 Å². The van der Waals surface area contributed by atoms with Gasteiger partial charge in [0.25, 0.3) is 0 Å². The van der Waals surface area contributed by atoms with Crippen LogP contribution in [-0.2, 0) is 24.2 Å². The number of aryl methyl sites for hydroxylation is 4. The van der Waals surface area contributed by atoms with Gasteiger partial charge in [-0.2, -0.15) is 0 Å². The number of unbranched alkanes of at least 4 members (excludes halogenated alkanes) is 2. The molecule has 0 aliphatic heterocycles. The van der Waals surface area contributed by atoms with E-state index in [2.05, 4.69) is 84.4 Å². The minimum absolute atomic E-state index is 0.0763. The number of nitrogens with zero attached hydrogens (tertiary/aromatic N) is 2. The van der Waals surface area contributed by atoms with E-state index in [-0.39, 0.29) is 5.91 Å². The van der Waals surface area contributed by atoms with Gasteiger partial charge in [-0.05, 0) is 73.1 Å². The van der Waals surface area contributed by atoms with Crippen LogP contribution in [0.5, 0.6) is 5.75 Å². The van der Waals surface area contributed by atoms with E-state index in [9.17, 15) is 4.79 Å². The number of hydrogen-bond acceptors (Lipinski definition) is 3.